The molecule has 290 valence electrons. The summed E-state index contributed by atoms with van der Waals surface area (Å²) in [6.07, 6.45) is 3.10. The molecule has 0 aromatic heterocycles. The molecule has 11 heteroatoms. The molecule has 4 N–H and O–H groups in total. The first-order chi connectivity index (χ1) is 23.5. The number of amides is 4. The quantitative estimate of drug-likeness (QED) is 0.120. The summed E-state index contributed by atoms with van der Waals surface area (Å²) in [5.74, 6) is -0.101. The second kappa shape index (κ2) is 23.1. The SMILES string of the molecule is CC(C)CC(CC(C)C)C(=O)c1ccc(C(=O)NCC(=O)NC(C)(C)CCOC(C)(C)C)cc1.CCC(=O)CNC(=O)C(NC(=O)CC)C(C)C. The Morgan fingerprint density at radius 3 is 1.69 bits per heavy atom. The summed E-state index contributed by atoms with van der Waals surface area (Å²) in [6.45, 7) is 26.0. The van der Waals surface area contributed by atoms with Crippen molar-refractivity contribution < 1.29 is 33.5 Å². The van der Waals surface area contributed by atoms with Crippen LogP contribution in [0.15, 0.2) is 24.3 Å². The van der Waals surface area contributed by atoms with E-state index in [4.69, 9.17) is 4.74 Å². The van der Waals surface area contributed by atoms with Gasteiger partial charge in [0.15, 0.2) is 11.6 Å². The third kappa shape index (κ3) is 21.4. The zero-order valence-electron chi connectivity index (χ0n) is 33.7. The van der Waals surface area contributed by atoms with Crippen molar-refractivity contribution in [3.05, 3.63) is 35.4 Å². The van der Waals surface area contributed by atoms with Crippen LogP contribution < -0.4 is 21.3 Å². The lowest BCUT2D eigenvalue weighted by atomic mass is 9.84. The lowest BCUT2D eigenvalue weighted by molar-refractivity contribution is -0.130. The van der Waals surface area contributed by atoms with Crippen LogP contribution in [0.3, 0.4) is 0 Å². The first-order valence-corrected chi connectivity index (χ1v) is 18.5. The summed E-state index contributed by atoms with van der Waals surface area (Å²) in [5, 5.41) is 10.8. The molecule has 0 aliphatic carbocycles. The smallest absolute Gasteiger partial charge is 0.251 e. The highest BCUT2D eigenvalue weighted by Gasteiger charge is 2.25. The second-order valence-corrected chi connectivity index (χ2v) is 16.0. The standard InChI is InChI=1S/C28H46N2O4.C12H22N2O3/c1-19(2)16-23(17-20(3)4)25(32)21-10-12-22(13-11-21)26(33)29-18-24(31)30-28(8,9)14-15-34-27(5,6)7;1-5-9(15)7-13-12(17)11(8(3)4)14-10(16)6-2/h10-13,19-20,23H,14-18H2,1-9H3,(H,29,33)(H,30,31);8,11H,5-7H2,1-4H3,(H,13,17)(H,14,16). The van der Waals surface area contributed by atoms with Crippen molar-refractivity contribution in [2.45, 2.75) is 139 Å². The van der Waals surface area contributed by atoms with Crippen LogP contribution in [-0.4, -0.2) is 72.1 Å². The zero-order chi connectivity index (χ0) is 39.5. The monoisotopic (exact) mass is 717 g/mol. The van der Waals surface area contributed by atoms with Crippen LogP contribution in [0.4, 0.5) is 0 Å². The van der Waals surface area contributed by atoms with Crippen molar-refractivity contribution in [1.82, 2.24) is 21.3 Å². The predicted octanol–water partition coefficient (Wildman–Crippen LogP) is 6.04. The molecule has 1 unspecified atom stereocenters. The third-order valence-corrected chi connectivity index (χ3v) is 7.90. The van der Waals surface area contributed by atoms with E-state index in [-0.39, 0.29) is 65.7 Å². The molecule has 1 aromatic rings. The van der Waals surface area contributed by atoms with Gasteiger partial charge >= 0.3 is 0 Å². The van der Waals surface area contributed by atoms with Crippen LogP contribution in [0.25, 0.3) is 0 Å². The van der Waals surface area contributed by atoms with Gasteiger partial charge in [-0.2, -0.15) is 0 Å². The van der Waals surface area contributed by atoms with Crippen LogP contribution >= 0.6 is 0 Å². The minimum absolute atomic E-state index is 0.0118. The van der Waals surface area contributed by atoms with Gasteiger partial charge in [0.25, 0.3) is 5.91 Å². The summed E-state index contributed by atoms with van der Waals surface area (Å²) in [4.78, 5) is 72.0. The summed E-state index contributed by atoms with van der Waals surface area (Å²) in [6, 6.07) is 6.14. The number of rotatable bonds is 20. The molecule has 1 atom stereocenters. The molecule has 11 nitrogen and oxygen atoms in total. The van der Waals surface area contributed by atoms with Gasteiger partial charge in [-0.1, -0.05) is 67.5 Å². The molecule has 1 aromatic carbocycles. The van der Waals surface area contributed by atoms with E-state index in [0.717, 1.165) is 12.8 Å². The Kier molecular flexibility index (Phi) is 21.4. The topological polar surface area (TPSA) is 160 Å². The third-order valence-electron chi connectivity index (χ3n) is 7.90. The summed E-state index contributed by atoms with van der Waals surface area (Å²) >= 11 is 0. The maximum atomic E-state index is 13.0. The van der Waals surface area contributed by atoms with Gasteiger partial charge in [-0.15, -0.1) is 0 Å². The van der Waals surface area contributed by atoms with E-state index in [9.17, 15) is 28.8 Å². The van der Waals surface area contributed by atoms with E-state index in [2.05, 4.69) is 49.0 Å². The highest BCUT2D eigenvalue weighted by Crippen LogP contribution is 2.24. The summed E-state index contributed by atoms with van der Waals surface area (Å²) < 4.78 is 5.74. The average Bonchev–Trinajstić information content (AvgIpc) is 3.02. The first-order valence-electron chi connectivity index (χ1n) is 18.5. The number of hydrogen-bond donors (Lipinski definition) is 4. The van der Waals surface area contributed by atoms with E-state index in [1.54, 1.807) is 38.1 Å². The molecule has 0 saturated carbocycles. The molecular formula is C40H68N4O7. The van der Waals surface area contributed by atoms with E-state index in [0.29, 0.717) is 48.8 Å². The Bertz CT molecular complexity index is 1250. The van der Waals surface area contributed by atoms with E-state index < -0.39 is 11.6 Å². The van der Waals surface area contributed by atoms with Crippen molar-refractivity contribution in [2.75, 3.05) is 19.7 Å². The number of Topliss-reactive ketones (excluding diaryl/α,β-unsaturated/α-hetero) is 2. The molecule has 0 aliphatic rings. The van der Waals surface area contributed by atoms with Gasteiger partial charge in [0.1, 0.15) is 6.04 Å². The van der Waals surface area contributed by atoms with Gasteiger partial charge in [-0.25, -0.2) is 0 Å². The maximum absolute atomic E-state index is 13.0. The van der Waals surface area contributed by atoms with Gasteiger partial charge in [-0.3, -0.25) is 28.8 Å². The molecule has 4 amide bonds. The van der Waals surface area contributed by atoms with Gasteiger partial charge in [0.05, 0.1) is 18.7 Å². The van der Waals surface area contributed by atoms with Crippen LogP contribution in [0.1, 0.15) is 143 Å². The molecule has 0 saturated heterocycles. The zero-order valence-corrected chi connectivity index (χ0v) is 33.7. The predicted molar refractivity (Wildman–Crippen MR) is 203 cm³/mol. The number of carbonyl (C=O) groups excluding carboxylic acids is 6. The highest BCUT2D eigenvalue weighted by atomic mass is 16.5. The van der Waals surface area contributed by atoms with Gasteiger partial charge in [-0.05, 0) is 83.8 Å². The Morgan fingerprint density at radius 1 is 0.706 bits per heavy atom. The lowest BCUT2D eigenvalue weighted by Crippen LogP contribution is -2.50. The molecule has 0 bridgehead atoms. The van der Waals surface area contributed by atoms with Crippen molar-refractivity contribution in [1.29, 1.82) is 0 Å². The Morgan fingerprint density at radius 2 is 1.24 bits per heavy atom. The van der Waals surface area contributed by atoms with Crippen LogP contribution in [0, 0.1) is 23.7 Å². The fourth-order valence-corrected chi connectivity index (χ4v) is 5.06. The minimum Gasteiger partial charge on any atom is -0.376 e. The van der Waals surface area contributed by atoms with E-state index in [1.165, 1.54) is 0 Å². The second-order valence-electron chi connectivity index (χ2n) is 16.0. The molecule has 0 spiro atoms. The fraction of sp³-hybridized carbons (Fsp3) is 0.700. The molecule has 51 heavy (non-hydrogen) atoms. The van der Waals surface area contributed by atoms with Gasteiger partial charge in [0.2, 0.25) is 17.7 Å². The van der Waals surface area contributed by atoms with E-state index in [1.807, 2.05) is 48.5 Å². The number of ether oxygens (including phenoxy) is 1. The number of carbonyl (C=O) groups is 6. The van der Waals surface area contributed by atoms with Gasteiger partial charge in [0, 0.05) is 42.0 Å². The molecule has 0 radical (unpaired) electrons. The van der Waals surface area contributed by atoms with Crippen molar-refractivity contribution in [2.24, 2.45) is 23.7 Å². The van der Waals surface area contributed by atoms with Crippen LogP contribution in [0.5, 0.6) is 0 Å². The Hall–Kier alpha value is -3.60. The fourth-order valence-electron chi connectivity index (χ4n) is 5.06. The van der Waals surface area contributed by atoms with Crippen molar-refractivity contribution in [3.8, 4) is 0 Å². The number of ketones is 2. The Labute approximate surface area is 307 Å². The van der Waals surface area contributed by atoms with E-state index >= 15 is 0 Å². The van der Waals surface area contributed by atoms with Crippen molar-refractivity contribution >= 4 is 35.2 Å². The molecule has 0 aliphatic heterocycles. The van der Waals surface area contributed by atoms with Gasteiger partial charge < -0.3 is 26.0 Å². The largest absolute Gasteiger partial charge is 0.376 e. The van der Waals surface area contributed by atoms with Crippen LogP contribution in [-0.2, 0) is 23.9 Å². The summed E-state index contributed by atoms with van der Waals surface area (Å²) in [5.41, 5.74) is 0.376. The molecule has 1 rings (SSSR count). The van der Waals surface area contributed by atoms with Crippen LogP contribution in [0.2, 0.25) is 0 Å². The van der Waals surface area contributed by atoms with Crippen molar-refractivity contribution in [3.63, 3.8) is 0 Å². The Balaban J connectivity index is 0.00000124. The number of hydrogen-bond acceptors (Lipinski definition) is 7. The number of benzene rings is 1. The first kappa shape index (κ1) is 47.4. The average molecular weight is 717 g/mol. The minimum atomic E-state index is -0.577. The molecular weight excluding hydrogens is 648 g/mol. The maximum Gasteiger partial charge on any atom is 0.251 e. The highest BCUT2D eigenvalue weighted by molar-refractivity contribution is 6.00. The normalized spacial score (nSPS) is 12.3. The lowest BCUT2D eigenvalue weighted by Gasteiger charge is -2.28. The number of nitrogens with one attached hydrogen (secondary N) is 4. The molecule has 0 heterocycles. The summed E-state index contributed by atoms with van der Waals surface area (Å²) in [7, 11) is 0. The molecule has 0 fully saturated rings.